The van der Waals surface area contributed by atoms with E-state index in [1.54, 1.807) is 43.1 Å². The number of thioether (sulfide) groups is 1. The van der Waals surface area contributed by atoms with Crippen molar-refractivity contribution in [3.8, 4) is 17.2 Å². The van der Waals surface area contributed by atoms with E-state index in [4.69, 9.17) is 14.5 Å². The fourth-order valence-corrected chi connectivity index (χ4v) is 4.59. The maximum Gasteiger partial charge on any atom is 0.266 e. The maximum atomic E-state index is 13.7. The Labute approximate surface area is 208 Å². The van der Waals surface area contributed by atoms with Crippen LogP contribution >= 0.6 is 11.8 Å². The van der Waals surface area contributed by atoms with Crippen LogP contribution in [0.15, 0.2) is 76.7 Å². The van der Waals surface area contributed by atoms with Crippen LogP contribution in [0.2, 0.25) is 0 Å². The lowest BCUT2D eigenvalue weighted by molar-refractivity contribution is 0.0953. The molecule has 8 heteroatoms. The normalized spacial score (nSPS) is 10.8. The van der Waals surface area contributed by atoms with Crippen LogP contribution in [0.25, 0.3) is 16.6 Å². The minimum atomic E-state index is -0.211. The number of carbonyl (C=O) groups is 1. The Morgan fingerprint density at radius 2 is 1.74 bits per heavy atom. The average Bonchev–Trinajstić information content (AvgIpc) is 2.90. The van der Waals surface area contributed by atoms with Gasteiger partial charge in [0.15, 0.2) is 5.16 Å². The molecule has 4 aromatic rings. The summed E-state index contributed by atoms with van der Waals surface area (Å²) in [6, 6.07) is 20.1. The third kappa shape index (κ3) is 5.49. The third-order valence-electron chi connectivity index (χ3n) is 5.45. The number of benzene rings is 3. The van der Waals surface area contributed by atoms with Gasteiger partial charge >= 0.3 is 0 Å². The van der Waals surface area contributed by atoms with Crippen LogP contribution in [0.5, 0.6) is 11.5 Å². The van der Waals surface area contributed by atoms with Crippen molar-refractivity contribution in [1.29, 1.82) is 0 Å². The lowest BCUT2D eigenvalue weighted by atomic mass is 10.1. The summed E-state index contributed by atoms with van der Waals surface area (Å²) in [6.07, 6.45) is 0.841. The second-order valence-corrected chi connectivity index (χ2v) is 8.81. The first-order chi connectivity index (χ1) is 17.0. The second kappa shape index (κ2) is 11.1. The van der Waals surface area contributed by atoms with Gasteiger partial charge in [-0.05, 0) is 54.4 Å². The summed E-state index contributed by atoms with van der Waals surface area (Å²) in [5.41, 5.74) is 2.43. The van der Waals surface area contributed by atoms with Gasteiger partial charge in [0.1, 0.15) is 11.5 Å². The fourth-order valence-electron chi connectivity index (χ4n) is 3.63. The van der Waals surface area contributed by atoms with Gasteiger partial charge in [0.2, 0.25) is 0 Å². The Hall–Kier alpha value is -3.78. The van der Waals surface area contributed by atoms with Crippen LogP contribution < -0.4 is 20.3 Å². The Kier molecular flexibility index (Phi) is 7.72. The first kappa shape index (κ1) is 24.3. The minimum Gasteiger partial charge on any atom is -0.497 e. The van der Waals surface area contributed by atoms with E-state index >= 15 is 0 Å². The van der Waals surface area contributed by atoms with E-state index in [-0.39, 0.29) is 11.5 Å². The van der Waals surface area contributed by atoms with E-state index < -0.39 is 0 Å². The number of amides is 1. The highest BCUT2D eigenvalue weighted by Gasteiger charge is 2.16. The number of carbonyl (C=O) groups excluding carboxylic acids is 1. The van der Waals surface area contributed by atoms with Crippen molar-refractivity contribution in [1.82, 2.24) is 14.9 Å². The molecule has 1 heterocycles. The van der Waals surface area contributed by atoms with Crippen molar-refractivity contribution in [3.63, 3.8) is 0 Å². The van der Waals surface area contributed by atoms with Crippen molar-refractivity contribution < 1.29 is 14.3 Å². The zero-order valence-corrected chi connectivity index (χ0v) is 20.7. The second-order valence-electron chi connectivity index (χ2n) is 7.86. The lowest BCUT2D eigenvalue weighted by Crippen LogP contribution is -2.25. The average molecular weight is 490 g/mol. The molecule has 4 rings (SSSR count). The number of hydrogen-bond acceptors (Lipinski definition) is 6. The Morgan fingerprint density at radius 3 is 2.49 bits per heavy atom. The SMILES string of the molecule is CCCNC(=O)c1ccc2c(=O)n(-c3cccc(OC)c3)c(SCc3cccc(OC)c3)nc2c1. The monoisotopic (exact) mass is 489 g/mol. The van der Waals surface area contributed by atoms with Gasteiger partial charge in [-0.2, -0.15) is 0 Å². The largest absolute Gasteiger partial charge is 0.497 e. The van der Waals surface area contributed by atoms with Crippen molar-refractivity contribution in [2.45, 2.75) is 24.3 Å². The molecule has 0 spiro atoms. The quantitative estimate of drug-likeness (QED) is 0.268. The summed E-state index contributed by atoms with van der Waals surface area (Å²) in [5, 5.41) is 3.82. The van der Waals surface area contributed by atoms with E-state index in [0.29, 0.717) is 45.4 Å². The van der Waals surface area contributed by atoms with Gasteiger partial charge in [0, 0.05) is 23.9 Å². The van der Waals surface area contributed by atoms with Crippen molar-refractivity contribution >= 4 is 28.6 Å². The highest BCUT2D eigenvalue weighted by Crippen LogP contribution is 2.27. The predicted octanol–water partition coefficient (Wildman–Crippen LogP) is 4.84. The summed E-state index contributed by atoms with van der Waals surface area (Å²) in [6.45, 7) is 2.58. The molecule has 0 saturated carbocycles. The molecule has 0 bridgehead atoms. The number of ether oxygens (including phenoxy) is 2. The number of nitrogens with zero attached hydrogens (tertiary/aromatic N) is 2. The first-order valence-corrected chi connectivity index (χ1v) is 12.3. The summed E-state index contributed by atoms with van der Waals surface area (Å²) in [7, 11) is 3.22. The molecule has 1 aromatic heterocycles. The highest BCUT2D eigenvalue weighted by molar-refractivity contribution is 7.98. The van der Waals surface area contributed by atoms with Crippen LogP contribution in [-0.4, -0.2) is 36.2 Å². The molecule has 0 unspecified atom stereocenters. The van der Waals surface area contributed by atoms with Gasteiger partial charge in [-0.1, -0.05) is 36.9 Å². The van der Waals surface area contributed by atoms with Gasteiger partial charge < -0.3 is 14.8 Å². The number of rotatable bonds is 9. The number of aromatic nitrogens is 2. The van der Waals surface area contributed by atoms with Crippen molar-refractivity contribution in [2.24, 2.45) is 0 Å². The summed E-state index contributed by atoms with van der Waals surface area (Å²) < 4.78 is 12.3. The van der Waals surface area contributed by atoms with Gasteiger partial charge in [-0.15, -0.1) is 0 Å². The van der Waals surface area contributed by atoms with Gasteiger partial charge in [0.05, 0.1) is 30.8 Å². The fraction of sp³-hybridized carbons (Fsp3) is 0.222. The molecular weight excluding hydrogens is 462 g/mol. The van der Waals surface area contributed by atoms with Crippen molar-refractivity contribution in [3.05, 3.63) is 88.2 Å². The molecule has 7 nitrogen and oxygen atoms in total. The molecule has 35 heavy (non-hydrogen) atoms. The maximum absolute atomic E-state index is 13.7. The zero-order chi connectivity index (χ0) is 24.8. The van der Waals surface area contributed by atoms with Crippen LogP contribution in [0.4, 0.5) is 0 Å². The minimum absolute atomic E-state index is 0.182. The Bertz CT molecular complexity index is 1420. The standard InChI is InChI=1S/C27H27N3O4S/c1-4-13-28-25(31)19-11-12-23-24(15-19)29-27(35-17-18-7-5-9-21(14-18)33-2)30(26(23)32)20-8-6-10-22(16-20)34-3/h5-12,14-16H,4,13,17H2,1-3H3,(H,28,31). The molecule has 0 atom stereocenters. The predicted molar refractivity (Wildman–Crippen MR) is 139 cm³/mol. The van der Waals surface area contributed by atoms with Gasteiger partial charge in [-0.25, -0.2) is 4.98 Å². The van der Waals surface area contributed by atoms with Crippen LogP contribution in [0.1, 0.15) is 29.3 Å². The van der Waals surface area contributed by atoms with Crippen LogP contribution in [0, 0.1) is 0 Å². The summed E-state index contributed by atoms with van der Waals surface area (Å²) in [5.74, 6) is 1.80. The van der Waals surface area contributed by atoms with Gasteiger partial charge in [0.25, 0.3) is 11.5 Å². The molecule has 0 aliphatic heterocycles. The molecule has 0 radical (unpaired) electrons. The topological polar surface area (TPSA) is 82.5 Å². The number of nitrogens with one attached hydrogen (secondary N) is 1. The van der Waals surface area contributed by atoms with E-state index in [0.717, 1.165) is 17.7 Å². The van der Waals surface area contributed by atoms with Crippen molar-refractivity contribution in [2.75, 3.05) is 20.8 Å². The molecular formula is C27H27N3O4S. The molecule has 1 amide bonds. The molecule has 0 aliphatic carbocycles. The Morgan fingerprint density at radius 1 is 1.00 bits per heavy atom. The molecule has 3 aromatic carbocycles. The molecule has 0 aliphatic rings. The highest BCUT2D eigenvalue weighted by atomic mass is 32.2. The third-order valence-corrected chi connectivity index (χ3v) is 6.46. The summed E-state index contributed by atoms with van der Waals surface area (Å²) >= 11 is 1.44. The smallest absolute Gasteiger partial charge is 0.266 e. The molecule has 0 fully saturated rings. The van der Waals surface area contributed by atoms with Crippen LogP contribution in [0.3, 0.4) is 0 Å². The Balaban J connectivity index is 1.81. The van der Waals surface area contributed by atoms with E-state index in [1.807, 2.05) is 49.4 Å². The van der Waals surface area contributed by atoms with Gasteiger partial charge in [-0.3, -0.25) is 14.2 Å². The number of methoxy groups -OCH3 is 2. The van der Waals surface area contributed by atoms with Crippen LogP contribution in [-0.2, 0) is 5.75 Å². The van der Waals surface area contributed by atoms with E-state index in [9.17, 15) is 9.59 Å². The summed E-state index contributed by atoms with van der Waals surface area (Å²) in [4.78, 5) is 31.0. The number of hydrogen-bond donors (Lipinski definition) is 1. The molecule has 1 N–H and O–H groups in total. The zero-order valence-electron chi connectivity index (χ0n) is 19.9. The molecule has 180 valence electrons. The lowest BCUT2D eigenvalue weighted by Gasteiger charge is -2.15. The first-order valence-electron chi connectivity index (χ1n) is 11.3. The van der Waals surface area contributed by atoms with E-state index in [1.165, 1.54) is 11.8 Å². The number of fused-ring (bicyclic) bond motifs is 1. The van der Waals surface area contributed by atoms with E-state index in [2.05, 4.69) is 5.32 Å². The molecule has 0 saturated heterocycles.